The highest BCUT2D eigenvalue weighted by atomic mass is 19.1. The molecule has 0 fully saturated rings. The van der Waals surface area contributed by atoms with E-state index in [1.165, 1.54) is 17.7 Å². The lowest BCUT2D eigenvalue weighted by atomic mass is 10.0. The smallest absolute Gasteiger partial charge is 0.224 e. The van der Waals surface area contributed by atoms with Gasteiger partial charge >= 0.3 is 0 Å². The lowest BCUT2D eigenvalue weighted by Gasteiger charge is -2.10. The Morgan fingerprint density at radius 2 is 1.70 bits per heavy atom. The van der Waals surface area contributed by atoms with Gasteiger partial charge in [0, 0.05) is 19.0 Å². The molecule has 4 aromatic rings. The monoisotopic (exact) mass is 443 g/mol. The second kappa shape index (κ2) is 10.1. The molecule has 1 aromatic heterocycles. The van der Waals surface area contributed by atoms with Gasteiger partial charge in [-0.25, -0.2) is 9.07 Å². The van der Waals surface area contributed by atoms with Gasteiger partial charge in [-0.3, -0.25) is 4.79 Å². The van der Waals surface area contributed by atoms with Gasteiger partial charge in [0.1, 0.15) is 5.82 Å². The number of amides is 1. The van der Waals surface area contributed by atoms with Crippen LogP contribution in [-0.4, -0.2) is 20.9 Å². The highest BCUT2D eigenvalue weighted by Gasteiger charge is 2.10. The fraction of sp³-hybridized carbons (Fsp3) is 0.192. The third-order valence-corrected chi connectivity index (χ3v) is 5.48. The summed E-state index contributed by atoms with van der Waals surface area (Å²) in [5.74, 6) is -0.461. The second-order valence-electron chi connectivity index (χ2n) is 7.93. The maximum Gasteiger partial charge on any atom is 0.224 e. The van der Waals surface area contributed by atoms with Crippen molar-refractivity contribution >= 4 is 17.3 Å². The molecule has 3 N–H and O–H groups in total. The number of aromatic nitrogens is 3. The van der Waals surface area contributed by atoms with Gasteiger partial charge in [-0.05, 0) is 52.9 Å². The van der Waals surface area contributed by atoms with E-state index < -0.39 is 0 Å². The standard InChI is InChI=1S/C26H26FN5O/c1-2-18-3-5-19(6-4-18)16-32-17-23(30-31-32)12-14-26(33)29-25-15-21(9-13-24(25)28)20-7-10-22(27)11-8-20/h3-11,13,15,17H,2,12,14,16,28H2,1H3,(H,29,33). The van der Waals surface area contributed by atoms with Crippen molar-refractivity contribution < 1.29 is 9.18 Å². The van der Waals surface area contributed by atoms with Crippen LogP contribution in [0.5, 0.6) is 0 Å². The molecule has 0 bridgehead atoms. The van der Waals surface area contributed by atoms with Gasteiger partial charge in [-0.2, -0.15) is 0 Å². The van der Waals surface area contributed by atoms with Crippen LogP contribution >= 0.6 is 0 Å². The number of nitrogen functional groups attached to an aromatic ring is 1. The Balaban J connectivity index is 1.34. The number of nitrogens with one attached hydrogen (secondary N) is 1. The third kappa shape index (κ3) is 5.83. The molecule has 33 heavy (non-hydrogen) atoms. The predicted octanol–water partition coefficient (Wildman–Crippen LogP) is 4.85. The molecule has 0 saturated carbocycles. The Hall–Kier alpha value is -4.00. The summed E-state index contributed by atoms with van der Waals surface area (Å²) in [7, 11) is 0. The van der Waals surface area contributed by atoms with Crippen molar-refractivity contribution in [1.29, 1.82) is 0 Å². The molecule has 0 aliphatic rings. The van der Waals surface area contributed by atoms with Crippen LogP contribution in [0.2, 0.25) is 0 Å². The van der Waals surface area contributed by atoms with Crippen molar-refractivity contribution in [3.63, 3.8) is 0 Å². The largest absolute Gasteiger partial charge is 0.397 e. The SMILES string of the molecule is CCc1ccc(Cn2cc(CCC(=O)Nc3cc(-c4ccc(F)cc4)ccc3N)nn2)cc1. The van der Waals surface area contributed by atoms with Crippen molar-refractivity contribution in [2.75, 3.05) is 11.1 Å². The molecule has 1 heterocycles. The number of anilines is 2. The molecule has 4 rings (SSSR count). The number of hydrogen-bond donors (Lipinski definition) is 2. The predicted molar refractivity (Wildman–Crippen MR) is 128 cm³/mol. The Morgan fingerprint density at radius 1 is 1.00 bits per heavy atom. The fourth-order valence-electron chi connectivity index (χ4n) is 3.54. The molecule has 0 unspecified atom stereocenters. The molecule has 0 aliphatic carbocycles. The van der Waals surface area contributed by atoms with Gasteiger partial charge in [-0.1, -0.05) is 54.6 Å². The number of nitrogens with zero attached hydrogens (tertiary/aromatic N) is 3. The van der Waals surface area contributed by atoms with Crippen LogP contribution in [0.1, 0.15) is 30.2 Å². The van der Waals surface area contributed by atoms with Crippen LogP contribution in [0.25, 0.3) is 11.1 Å². The van der Waals surface area contributed by atoms with E-state index in [1.807, 2.05) is 12.3 Å². The Bertz CT molecular complexity index is 1230. The van der Waals surface area contributed by atoms with Crippen molar-refractivity contribution in [2.24, 2.45) is 0 Å². The van der Waals surface area contributed by atoms with Gasteiger partial charge in [0.15, 0.2) is 0 Å². The maximum absolute atomic E-state index is 13.2. The van der Waals surface area contributed by atoms with Crippen molar-refractivity contribution in [1.82, 2.24) is 15.0 Å². The first-order valence-electron chi connectivity index (χ1n) is 10.9. The molecule has 0 spiro atoms. The fourth-order valence-corrected chi connectivity index (χ4v) is 3.54. The molecule has 0 atom stereocenters. The number of nitrogens with two attached hydrogens (primary N) is 1. The molecule has 0 saturated heterocycles. The first kappa shape index (κ1) is 22.2. The molecular formula is C26H26FN5O. The van der Waals surface area contributed by atoms with Crippen LogP contribution in [0.4, 0.5) is 15.8 Å². The Kier molecular flexibility index (Phi) is 6.78. The molecule has 0 aliphatic heterocycles. The van der Waals surface area contributed by atoms with Crippen molar-refractivity contribution in [3.05, 3.63) is 95.6 Å². The molecule has 3 aromatic carbocycles. The summed E-state index contributed by atoms with van der Waals surface area (Å²) >= 11 is 0. The lowest BCUT2D eigenvalue weighted by molar-refractivity contribution is -0.116. The van der Waals surface area contributed by atoms with Gasteiger partial charge < -0.3 is 11.1 Å². The molecule has 1 amide bonds. The van der Waals surface area contributed by atoms with Gasteiger partial charge in [0.2, 0.25) is 5.91 Å². The average molecular weight is 444 g/mol. The minimum atomic E-state index is -0.297. The number of benzene rings is 3. The summed E-state index contributed by atoms with van der Waals surface area (Å²) in [6, 6.07) is 20.0. The quantitative estimate of drug-likeness (QED) is 0.381. The summed E-state index contributed by atoms with van der Waals surface area (Å²) in [6.45, 7) is 2.77. The average Bonchev–Trinajstić information content (AvgIpc) is 3.27. The van der Waals surface area contributed by atoms with E-state index in [0.29, 0.717) is 24.3 Å². The zero-order chi connectivity index (χ0) is 23.2. The van der Waals surface area contributed by atoms with Crippen LogP contribution in [0.3, 0.4) is 0 Å². The van der Waals surface area contributed by atoms with Crippen LogP contribution in [-0.2, 0) is 24.2 Å². The number of halogens is 1. The van der Waals surface area contributed by atoms with Crippen LogP contribution in [0, 0.1) is 5.82 Å². The zero-order valence-corrected chi connectivity index (χ0v) is 18.5. The minimum absolute atomic E-state index is 0.164. The van der Waals surface area contributed by atoms with E-state index in [0.717, 1.165) is 28.8 Å². The second-order valence-corrected chi connectivity index (χ2v) is 7.93. The Labute approximate surface area is 192 Å². The molecule has 0 radical (unpaired) electrons. The molecular weight excluding hydrogens is 417 g/mol. The highest BCUT2D eigenvalue weighted by molar-refractivity contribution is 5.95. The summed E-state index contributed by atoms with van der Waals surface area (Å²) in [5.41, 5.74) is 11.9. The van der Waals surface area contributed by atoms with Crippen LogP contribution in [0.15, 0.2) is 72.9 Å². The Morgan fingerprint density at radius 3 is 2.42 bits per heavy atom. The lowest BCUT2D eigenvalue weighted by Crippen LogP contribution is -2.13. The van der Waals surface area contributed by atoms with Gasteiger partial charge in [0.05, 0.1) is 23.6 Å². The first-order valence-corrected chi connectivity index (χ1v) is 10.9. The molecule has 168 valence electrons. The van der Waals surface area contributed by atoms with E-state index in [1.54, 1.807) is 28.9 Å². The van der Waals surface area contributed by atoms with E-state index in [2.05, 4.69) is 46.8 Å². The molecule has 6 nitrogen and oxygen atoms in total. The summed E-state index contributed by atoms with van der Waals surface area (Å²) < 4.78 is 15.0. The maximum atomic E-state index is 13.2. The minimum Gasteiger partial charge on any atom is -0.397 e. The van der Waals surface area contributed by atoms with Gasteiger partial charge in [0.25, 0.3) is 0 Å². The van der Waals surface area contributed by atoms with E-state index in [4.69, 9.17) is 5.73 Å². The number of carbonyl (C=O) groups is 1. The van der Waals surface area contributed by atoms with Gasteiger partial charge in [-0.15, -0.1) is 5.10 Å². The van der Waals surface area contributed by atoms with E-state index >= 15 is 0 Å². The summed E-state index contributed by atoms with van der Waals surface area (Å²) in [6.07, 6.45) is 3.60. The third-order valence-electron chi connectivity index (χ3n) is 5.48. The normalized spacial score (nSPS) is 10.8. The van der Waals surface area contributed by atoms with E-state index in [9.17, 15) is 9.18 Å². The summed E-state index contributed by atoms with van der Waals surface area (Å²) in [5, 5.41) is 11.2. The first-order chi connectivity index (χ1) is 16.0. The van der Waals surface area contributed by atoms with Crippen molar-refractivity contribution in [2.45, 2.75) is 32.7 Å². The summed E-state index contributed by atoms with van der Waals surface area (Å²) in [4.78, 5) is 12.5. The zero-order valence-electron chi connectivity index (χ0n) is 18.5. The highest BCUT2D eigenvalue weighted by Crippen LogP contribution is 2.27. The number of carbonyl (C=O) groups excluding carboxylic acids is 1. The van der Waals surface area contributed by atoms with Crippen molar-refractivity contribution in [3.8, 4) is 11.1 Å². The molecule has 7 heteroatoms. The number of hydrogen-bond acceptors (Lipinski definition) is 4. The number of rotatable bonds is 8. The van der Waals surface area contributed by atoms with E-state index in [-0.39, 0.29) is 18.1 Å². The van der Waals surface area contributed by atoms with Crippen LogP contribution < -0.4 is 11.1 Å². The number of aryl methyl sites for hydroxylation is 2. The topological polar surface area (TPSA) is 85.8 Å².